The van der Waals surface area contributed by atoms with Crippen molar-refractivity contribution < 1.29 is 19.4 Å². The van der Waals surface area contributed by atoms with Gasteiger partial charge in [0.1, 0.15) is 10.8 Å². The van der Waals surface area contributed by atoms with Crippen LogP contribution in [0.4, 0.5) is 5.00 Å². The van der Waals surface area contributed by atoms with Gasteiger partial charge in [-0.1, -0.05) is 12.1 Å². The first-order valence-corrected chi connectivity index (χ1v) is 7.95. The van der Waals surface area contributed by atoms with Crippen LogP contribution in [-0.2, 0) is 4.79 Å². The molecule has 1 heterocycles. The summed E-state index contributed by atoms with van der Waals surface area (Å²) in [6, 6.07) is 5.64. The number of nitrogens with one attached hydrogen (secondary N) is 1. The molecule has 1 amide bonds. The SMILES string of the molecule is Cc1cccc(OCC(=O)Nc2sc(C)c(C)c2C(=O)O)c1C. The van der Waals surface area contributed by atoms with Gasteiger partial charge in [0, 0.05) is 4.88 Å². The molecule has 5 nitrogen and oxygen atoms in total. The summed E-state index contributed by atoms with van der Waals surface area (Å²) >= 11 is 1.26. The van der Waals surface area contributed by atoms with E-state index in [4.69, 9.17) is 4.74 Å². The van der Waals surface area contributed by atoms with E-state index in [-0.39, 0.29) is 18.1 Å². The minimum atomic E-state index is -1.04. The average molecular weight is 333 g/mol. The van der Waals surface area contributed by atoms with Crippen LogP contribution in [0.3, 0.4) is 0 Å². The van der Waals surface area contributed by atoms with Crippen LogP contribution in [0.5, 0.6) is 5.75 Å². The minimum Gasteiger partial charge on any atom is -0.483 e. The van der Waals surface area contributed by atoms with Gasteiger partial charge in [0.15, 0.2) is 6.61 Å². The number of hydrogen-bond donors (Lipinski definition) is 2. The summed E-state index contributed by atoms with van der Waals surface area (Å²) in [5.74, 6) is -0.774. The Balaban J connectivity index is 2.07. The summed E-state index contributed by atoms with van der Waals surface area (Å²) in [7, 11) is 0. The van der Waals surface area contributed by atoms with Crippen molar-refractivity contribution in [1.82, 2.24) is 0 Å². The van der Waals surface area contributed by atoms with Gasteiger partial charge in [-0.2, -0.15) is 0 Å². The van der Waals surface area contributed by atoms with Gasteiger partial charge in [-0.3, -0.25) is 4.79 Å². The van der Waals surface area contributed by atoms with Crippen molar-refractivity contribution in [3.8, 4) is 5.75 Å². The third-order valence-electron chi connectivity index (χ3n) is 3.77. The Morgan fingerprint density at radius 2 is 1.87 bits per heavy atom. The summed E-state index contributed by atoms with van der Waals surface area (Å²) in [6.45, 7) is 7.29. The molecule has 0 radical (unpaired) electrons. The average Bonchev–Trinajstić information content (AvgIpc) is 2.75. The van der Waals surface area contributed by atoms with E-state index < -0.39 is 5.97 Å². The lowest BCUT2D eigenvalue weighted by Gasteiger charge is -2.10. The number of ether oxygens (including phenoxy) is 1. The molecule has 0 aliphatic heterocycles. The number of aromatic carboxylic acids is 1. The largest absolute Gasteiger partial charge is 0.483 e. The zero-order valence-corrected chi connectivity index (χ0v) is 14.3. The number of hydrogen-bond acceptors (Lipinski definition) is 4. The molecule has 0 unspecified atom stereocenters. The molecule has 2 N–H and O–H groups in total. The first kappa shape index (κ1) is 17.0. The fourth-order valence-corrected chi connectivity index (χ4v) is 3.23. The van der Waals surface area contributed by atoms with Gasteiger partial charge in [0.2, 0.25) is 0 Å². The van der Waals surface area contributed by atoms with Gasteiger partial charge >= 0.3 is 5.97 Å². The van der Waals surface area contributed by atoms with Gasteiger partial charge in [0.25, 0.3) is 5.91 Å². The Morgan fingerprint density at radius 1 is 1.17 bits per heavy atom. The lowest BCUT2D eigenvalue weighted by molar-refractivity contribution is -0.118. The highest BCUT2D eigenvalue weighted by atomic mass is 32.1. The molecule has 2 rings (SSSR count). The Hall–Kier alpha value is -2.34. The van der Waals surface area contributed by atoms with Crippen molar-refractivity contribution in [2.75, 3.05) is 11.9 Å². The van der Waals surface area contributed by atoms with Crippen molar-refractivity contribution in [2.24, 2.45) is 0 Å². The third-order valence-corrected chi connectivity index (χ3v) is 4.89. The van der Waals surface area contributed by atoms with Crippen LogP contribution in [0.1, 0.15) is 31.9 Å². The lowest BCUT2D eigenvalue weighted by atomic mass is 10.1. The van der Waals surface area contributed by atoms with E-state index in [1.54, 1.807) is 13.0 Å². The molecule has 122 valence electrons. The minimum absolute atomic E-state index is 0.146. The maximum atomic E-state index is 12.1. The number of aryl methyl sites for hydroxylation is 2. The summed E-state index contributed by atoms with van der Waals surface area (Å²) in [5, 5.41) is 12.3. The number of thiophene rings is 1. The van der Waals surface area contributed by atoms with Crippen molar-refractivity contribution in [3.05, 3.63) is 45.3 Å². The van der Waals surface area contributed by atoms with Gasteiger partial charge in [0.05, 0.1) is 5.56 Å². The molecule has 0 aliphatic rings. The van der Waals surface area contributed by atoms with E-state index in [0.717, 1.165) is 16.0 Å². The molecular weight excluding hydrogens is 314 g/mol. The van der Waals surface area contributed by atoms with Gasteiger partial charge in [-0.05, 0) is 50.5 Å². The summed E-state index contributed by atoms with van der Waals surface area (Å²) < 4.78 is 5.53. The van der Waals surface area contributed by atoms with Crippen LogP contribution in [-0.4, -0.2) is 23.6 Å². The molecule has 0 bridgehead atoms. The smallest absolute Gasteiger partial charge is 0.338 e. The van der Waals surface area contributed by atoms with Crippen LogP contribution < -0.4 is 10.1 Å². The second-order valence-corrected chi connectivity index (χ2v) is 6.55. The summed E-state index contributed by atoms with van der Waals surface area (Å²) in [6.07, 6.45) is 0. The Morgan fingerprint density at radius 3 is 2.52 bits per heavy atom. The third kappa shape index (κ3) is 3.71. The van der Waals surface area contributed by atoms with Crippen LogP contribution in [0.15, 0.2) is 18.2 Å². The molecule has 0 spiro atoms. The number of carboxylic acids is 1. The zero-order valence-electron chi connectivity index (χ0n) is 13.5. The molecule has 0 atom stereocenters. The standard InChI is InChI=1S/C17H19NO4S/c1-9-6-5-7-13(10(9)2)22-8-14(19)18-16-15(17(20)21)11(3)12(4)23-16/h5-7H,8H2,1-4H3,(H,18,19)(H,20,21). The molecule has 0 saturated carbocycles. The second-order valence-electron chi connectivity index (χ2n) is 5.33. The molecule has 1 aromatic carbocycles. The first-order valence-electron chi connectivity index (χ1n) is 7.13. The number of rotatable bonds is 5. The van der Waals surface area contributed by atoms with E-state index in [0.29, 0.717) is 16.3 Å². The highest BCUT2D eigenvalue weighted by molar-refractivity contribution is 7.16. The fraction of sp³-hybridized carbons (Fsp3) is 0.294. The predicted octanol–water partition coefficient (Wildman–Crippen LogP) is 3.70. The van der Waals surface area contributed by atoms with Crippen LogP contribution in [0.2, 0.25) is 0 Å². The number of carbonyl (C=O) groups excluding carboxylic acids is 1. The highest BCUT2D eigenvalue weighted by Crippen LogP contribution is 2.32. The topological polar surface area (TPSA) is 75.6 Å². The van der Waals surface area contributed by atoms with Crippen molar-refractivity contribution in [1.29, 1.82) is 0 Å². The normalized spacial score (nSPS) is 10.4. The van der Waals surface area contributed by atoms with Crippen LogP contribution in [0.25, 0.3) is 0 Å². The zero-order chi connectivity index (χ0) is 17.1. The molecule has 0 aliphatic carbocycles. The molecule has 1 aromatic heterocycles. The molecule has 2 aromatic rings. The van der Waals surface area contributed by atoms with Crippen molar-refractivity contribution in [2.45, 2.75) is 27.7 Å². The predicted molar refractivity (Wildman–Crippen MR) is 90.8 cm³/mol. The molecule has 0 saturated heterocycles. The van der Waals surface area contributed by atoms with Crippen LogP contribution >= 0.6 is 11.3 Å². The maximum Gasteiger partial charge on any atom is 0.338 e. The molecule has 23 heavy (non-hydrogen) atoms. The number of carbonyl (C=O) groups is 2. The van der Waals surface area contributed by atoms with Gasteiger partial charge < -0.3 is 15.2 Å². The Labute approximate surface area is 138 Å². The maximum absolute atomic E-state index is 12.1. The Bertz CT molecular complexity index is 764. The van der Waals surface area contributed by atoms with E-state index in [9.17, 15) is 14.7 Å². The highest BCUT2D eigenvalue weighted by Gasteiger charge is 2.20. The number of carboxylic acid groups (broad SMARTS) is 1. The lowest BCUT2D eigenvalue weighted by Crippen LogP contribution is -2.21. The summed E-state index contributed by atoms with van der Waals surface area (Å²) in [4.78, 5) is 24.2. The Kier molecular flexibility index (Phi) is 5.05. The first-order chi connectivity index (χ1) is 10.8. The second kappa shape index (κ2) is 6.83. The quantitative estimate of drug-likeness (QED) is 0.875. The van der Waals surface area contributed by atoms with Gasteiger partial charge in [-0.15, -0.1) is 11.3 Å². The summed E-state index contributed by atoms with van der Waals surface area (Å²) in [5.41, 5.74) is 2.88. The molecule has 6 heteroatoms. The van der Waals surface area contributed by atoms with Crippen molar-refractivity contribution >= 4 is 28.2 Å². The monoisotopic (exact) mass is 333 g/mol. The van der Waals surface area contributed by atoms with E-state index in [2.05, 4.69) is 5.32 Å². The van der Waals surface area contributed by atoms with Crippen molar-refractivity contribution in [3.63, 3.8) is 0 Å². The molecule has 0 fully saturated rings. The van der Waals surface area contributed by atoms with Crippen LogP contribution in [0, 0.1) is 27.7 Å². The van der Waals surface area contributed by atoms with Gasteiger partial charge in [-0.25, -0.2) is 4.79 Å². The van der Waals surface area contributed by atoms with E-state index in [1.807, 2.05) is 32.9 Å². The van der Waals surface area contributed by atoms with E-state index >= 15 is 0 Å². The molecular formula is C17H19NO4S. The number of anilines is 1. The number of benzene rings is 1. The fourth-order valence-electron chi connectivity index (χ4n) is 2.16. The van der Waals surface area contributed by atoms with E-state index in [1.165, 1.54) is 11.3 Å². The number of amides is 1.